The van der Waals surface area contributed by atoms with Gasteiger partial charge in [-0.1, -0.05) is 11.6 Å². The summed E-state index contributed by atoms with van der Waals surface area (Å²) in [4.78, 5) is 26.8. The average Bonchev–Trinajstić information content (AvgIpc) is 2.37. The van der Waals surface area contributed by atoms with E-state index in [4.69, 9.17) is 17.3 Å². The molecule has 1 aromatic rings. The van der Waals surface area contributed by atoms with Crippen LogP contribution in [0.1, 0.15) is 40.5 Å². The molecule has 0 saturated carbocycles. The molecular weight excluding hydrogens is 314 g/mol. The van der Waals surface area contributed by atoms with Crippen molar-refractivity contribution in [2.75, 3.05) is 5.32 Å². The Kier molecular flexibility index (Phi) is 4.74. The zero-order valence-corrected chi connectivity index (χ0v) is 14.8. The predicted molar refractivity (Wildman–Crippen MR) is 92.3 cm³/mol. The van der Waals surface area contributed by atoms with E-state index < -0.39 is 22.9 Å². The third-order valence-electron chi connectivity index (χ3n) is 4.23. The van der Waals surface area contributed by atoms with Gasteiger partial charge in [-0.3, -0.25) is 9.59 Å². The minimum absolute atomic E-state index is 0.0170. The maximum atomic E-state index is 12.8. The molecule has 0 bridgehead atoms. The summed E-state index contributed by atoms with van der Waals surface area (Å²) in [7, 11) is 0. The number of hydrogen-bond acceptors (Lipinski definition) is 3. The van der Waals surface area contributed by atoms with E-state index >= 15 is 0 Å². The summed E-state index contributed by atoms with van der Waals surface area (Å²) in [5, 5.41) is 3.20. The first kappa shape index (κ1) is 17.8. The predicted octanol–water partition coefficient (Wildman–Crippen LogP) is 2.79. The molecule has 6 heteroatoms. The fourth-order valence-electron chi connectivity index (χ4n) is 3.73. The van der Waals surface area contributed by atoms with Crippen LogP contribution < -0.4 is 11.1 Å². The topological polar surface area (TPSA) is 75.4 Å². The Balaban J connectivity index is 2.20. The summed E-state index contributed by atoms with van der Waals surface area (Å²) in [5.41, 5.74) is 5.70. The number of carbonyl (C=O) groups excluding carboxylic acids is 2. The van der Waals surface area contributed by atoms with Crippen molar-refractivity contribution < 1.29 is 9.59 Å². The number of nitrogens with zero attached hydrogens (tertiary/aromatic N) is 1. The summed E-state index contributed by atoms with van der Waals surface area (Å²) in [6.07, 6.45) is 1.33. The molecule has 126 valence electrons. The van der Waals surface area contributed by atoms with Crippen LogP contribution in [0.25, 0.3) is 0 Å². The van der Waals surface area contributed by atoms with Crippen molar-refractivity contribution in [3.8, 4) is 0 Å². The second kappa shape index (κ2) is 6.13. The van der Waals surface area contributed by atoms with Gasteiger partial charge < -0.3 is 16.0 Å². The molecule has 3 N–H and O–H groups in total. The van der Waals surface area contributed by atoms with E-state index in [0.717, 1.165) is 0 Å². The van der Waals surface area contributed by atoms with Crippen molar-refractivity contribution >= 4 is 29.1 Å². The van der Waals surface area contributed by atoms with Crippen LogP contribution in [0.5, 0.6) is 0 Å². The highest BCUT2D eigenvalue weighted by atomic mass is 35.5. The first-order chi connectivity index (χ1) is 10.5. The Morgan fingerprint density at radius 1 is 1.13 bits per heavy atom. The van der Waals surface area contributed by atoms with Gasteiger partial charge in [-0.2, -0.15) is 0 Å². The fraction of sp³-hybridized carbons (Fsp3) is 0.529. The molecule has 5 nitrogen and oxygen atoms in total. The monoisotopic (exact) mass is 337 g/mol. The first-order valence-electron chi connectivity index (χ1n) is 7.70. The lowest BCUT2D eigenvalue weighted by Crippen LogP contribution is -2.66. The number of nitrogens with one attached hydrogen (secondary N) is 1. The smallest absolute Gasteiger partial charge is 0.313 e. The molecule has 1 aliphatic heterocycles. The number of halogens is 1. The van der Waals surface area contributed by atoms with E-state index in [0.29, 0.717) is 23.6 Å². The molecule has 0 aromatic heterocycles. The van der Waals surface area contributed by atoms with E-state index in [2.05, 4.69) is 5.32 Å². The lowest BCUT2D eigenvalue weighted by atomic mass is 9.77. The lowest BCUT2D eigenvalue weighted by molar-refractivity contribution is -0.156. The van der Waals surface area contributed by atoms with Crippen LogP contribution in [0.3, 0.4) is 0 Å². The molecule has 2 rings (SSSR count). The quantitative estimate of drug-likeness (QED) is 0.774. The van der Waals surface area contributed by atoms with Gasteiger partial charge in [0.05, 0.1) is 0 Å². The number of benzene rings is 1. The van der Waals surface area contributed by atoms with Crippen LogP contribution in [0, 0.1) is 0 Å². The number of hydrogen-bond donors (Lipinski definition) is 2. The largest absolute Gasteiger partial charge is 0.328 e. The van der Waals surface area contributed by atoms with Gasteiger partial charge in [-0.05, 0) is 64.8 Å². The number of likely N-dealkylation sites (tertiary alicyclic amines) is 1. The molecule has 0 spiro atoms. The SMILES string of the molecule is CC1(C)CC(N)CC(C)(C)N1C(=O)C(=O)Nc1ccc(Cl)cc1. The molecule has 1 saturated heterocycles. The molecule has 1 fully saturated rings. The van der Waals surface area contributed by atoms with Gasteiger partial charge in [0.1, 0.15) is 0 Å². The molecule has 1 heterocycles. The van der Waals surface area contributed by atoms with E-state index in [1.165, 1.54) is 0 Å². The average molecular weight is 338 g/mol. The third kappa shape index (κ3) is 3.85. The van der Waals surface area contributed by atoms with Crippen LogP contribution in [0.2, 0.25) is 5.02 Å². The summed E-state index contributed by atoms with van der Waals surface area (Å²) in [6, 6.07) is 6.67. The highest BCUT2D eigenvalue weighted by Crippen LogP contribution is 2.37. The number of nitrogens with two attached hydrogens (primary N) is 1. The molecule has 23 heavy (non-hydrogen) atoms. The lowest BCUT2D eigenvalue weighted by Gasteiger charge is -2.54. The highest BCUT2D eigenvalue weighted by Gasteiger charge is 2.48. The summed E-state index contributed by atoms with van der Waals surface area (Å²) < 4.78 is 0. The van der Waals surface area contributed by atoms with Crippen molar-refractivity contribution in [1.29, 1.82) is 0 Å². The third-order valence-corrected chi connectivity index (χ3v) is 4.49. The molecule has 1 aliphatic rings. The minimum atomic E-state index is -0.649. The van der Waals surface area contributed by atoms with Crippen LogP contribution in [-0.4, -0.2) is 33.8 Å². The number of anilines is 1. The van der Waals surface area contributed by atoms with Gasteiger partial charge in [0.15, 0.2) is 0 Å². The summed E-state index contributed by atoms with van der Waals surface area (Å²) in [6.45, 7) is 7.78. The van der Waals surface area contributed by atoms with Crippen LogP contribution >= 0.6 is 11.6 Å². The number of carbonyl (C=O) groups is 2. The van der Waals surface area contributed by atoms with Gasteiger partial charge in [0, 0.05) is 27.8 Å². The normalized spacial score (nSPS) is 20.2. The first-order valence-corrected chi connectivity index (χ1v) is 8.07. The zero-order chi connectivity index (χ0) is 17.4. The Hall–Kier alpha value is -1.59. The Morgan fingerprint density at radius 2 is 1.61 bits per heavy atom. The van der Waals surface area contributed by atoms with Crippen molar-refractivity contribution in [2.45, 2.75) is 57.7 Å². The van der Waals surface area contributed by atoms with Gasteiger partial charge >= 0.3 is 11.8 Å². The van der Waals surface area contributed by atoms with Crippen molar-refractivity contribution in [1.82, 2.24) is 4.90 Å². The van der Waals surface area contributed by atoms with Crippen LogP contribution in [0.15, 0.2) is 24.3 Å². The van der Waals surface area contributed by atoms with Crippen molar-refractivity contribution in [3.05, 3.63) is 29.3 Å². The Bertz CT molecular complexity index is 593. The molecule has 0 aliphatic carbocycles. The van der Waals surface area contributed by atoms with E-state index in [1.807, 2.05) is 27.7 Å². The molecule has 0 atom stereocenters. The van der Waals surface area contributed by atoms with Gasteiger partial charge in [0.25, 0.3) is 0 Å². The standard InChI is InChI=1S/C17H24ClN3O2/c1-16(2)9-12(19)10-17(3,4)21(16)15(23)14(22)20-13-7-5-11(18)6-8-13/h5-8,12H,9-10,19H2,1-4H3,(H,20,22). The zero-order valence-electron chi connectivity index (χ0n) is 14.0. The van der Waals surface area contributed by atoms with Gasteiger partial charge in [0.2, 0.25) is 0 Å². The second-order valence-corrected chi connectivity index (χ2v) is 7.83. The molecule has 0 radical (unpaired) electrons. The van der Waals surface area contributed by atoms with Crippen LogP contribution in [0.4, 0.5) is 5.69 Å². The van der Waals surface area contributed by atoms with Gasteiger partial charge in [-0.25, -0.2) is 0 Å². The maximum absolute atomic E-state index is 12.8. The molecule has 1 aromatic carbocycles. The molecular formula is C17H24ClN3O2. The van der Waals surface area contributed by atoms with Crippen molar-refractivity contribution in [3.63, 3.8) is 0 Å². The Morgan fingerprint density at radius 3 is 2.09 bits per heavy atom. The van der Waals surface area contributed by atoms with E-state index in [-0.39, 0.29) is 6.04 Å². The molecule has 0 unspecified atom stereocenters. The van der Waals surface area contributed by atoms with Crippen LogP contribution in [-0.2, 0) is 9.59 Å². The number of amides is 2. The summed E-state index contributed by atoms with van der Waals surface area (Å²) >= 11 is 5.82. The van der Waals surface area contributed by atoms with Gasteiger partial charge in [-0.15, -0.1) is 0 Å². The number of piperidine rings is 1. The maximum Gasteiger partial charge on any atom is 0.313 e. The fourth-order valence-corrected chi connectivity index (χ4v) is 3.85. The van der Waals surface area contributed by atoms with E-state index in [1.54, 1.807) is 29.2 Å². The summed E-state index contributed by atoms with van der Waals surface area (Å²) in [5.74, 6) is -1.19. The second-order valence-electron chi connectivity index (χ2n) is 7.39. The highest BCUT2D eigenvalue weighted by molar-refractivity contribution is 6.40. The Labute approximate surface area is 142 Å². The minimum Gasteiger partial charge on any atom is -0.328 e. The molecule has 2 amide bonds. The van der Waals surface area contributed by atoms with E-state index in [9.17, 15) is 9.59 Å². The number of rotatable bonds is 1. The van der Waals surface area contributed by atoms with Crippen molar-refractivity contribution in [2.24, 2.45) is 5.73 Å².